The molecule has 0 saturated carbocycles. The summed E-state index contributed by atoms with van der Waals surface area (Å²) in [6, 6.07) is 40.7. The van der Waals surface area contributed by atoms with Crippen LogP contribution in [-0.4, -0.2) is 23.4 Å². The van der Waals surface area contributed by atoms with Crippen LogP contribution in [0, 0.1) is 20.8 Å². The molecule has 3 nitrogen and oxygen atoms in total. The SMILES string of the molecule is Cc1ccc(-c2ccc(C(=CCSc3ccc(OCC(=O)O)c(C)c3)c3ccc(-c4ccc(C)cc4)cc3)cc2)cc1. The minimum absolute atomic E-state index is 0.342. The third-order valence-electron chi connectivity index (χ3n) is 7.20. The molecule has 5 aromatic rings. The number of carboxylic acid groups (broad SMARTS) is 1. The maximum Gasteiger partial charge on any atom is 0.341 e. The summed E-state index contributed by atoms with van der Waals surface area (Å²) >= 11 is 1.74. The third-order valence-corrected chi connectivity index (χ3v) is 8.12. The van der Waals surface area contributed by atoms with Gasteiger partial charge in [0.15, 0.2) is 6.61 Å². The van der Waals surface area contributed by atoms with Crippen LogP contribution < -0.4 is 4.74 Å². The molecule has 0 saturated heterocycles. The average Bonchev–Trinajstić information content (AvgIpc) is 3.00. The van der Waals surface area contributed by atoms with Gasteiger partial charge in [-0.25, -0.2) is 4.79 Å². The van der Waals surface area contributed by atoms with Gasteiger partial charge in [-0.2, -0.15) is 0 Å². The molecule has 0 unspecified atom stereocenters. The van der Waals surface area contributed by atoms with Gasteiger partial charge in [-0.3, -0.25) is 0 Å². The van der Waals surface area contributed by atoms with Crippen LogP contribution in [0.4, 0.5) is 0 Å². The van der Waals surface area contributed by atoms with Crippen molar-refractivity contribution < 1.29 is 14.6 Å². The van der Waals surface area contributed by atoms with Gasteiger partial charge in [-0.1, -0.05) is 114 Å². The summed E-state index contributed by atoms with van der Waals surface area (Å²) in [6.07, 6.45) is 2.29. The van der Waals surface area contributed by atoms with E-state index in [0.717, 1.165) is 16.2 Å². The Morgan fingerprint density at radius 2 is 1.12 bits per heavy atom. The number of rotatable bonds is 10. The number of thioether (sulfide) groups is 1. The second-order valence-corrected chi connectivity index (χ2v) is 11.5. The van der Waals surface area contributed by atoms with E-state index in [0.29, 0.717) is 5.75 Å². The molecule has 0 radical (unpaired) electrons. The molecule has 0 bridgehead atoms. The molecule has 5 rings (SSSR count). The maximum absolute atomic E-state index is 10.9. The van der Waals surface area contributed by atoms with Gasteiger partial charge in [0.25, 0.3) is 0 Å². The number of carboxylic acids is 1. The second-order valence-electron chi connectivity index (χ2n) is 10.4. The van der Waals surface area contributed by atoms with E-state index in [1.54, 1.807) is 11.8 Å². The van der Waals surface area contributed by atoms with Crippen molar-refractivity contribution in [2.24, 2.45) is 0 Å². The topological polar surface area (TPSA) is 46.5 Å². The maximum atomic E-state index is 10.9. The number of benzene rings is 5. The van der Waals surface area contributed by atoms with Crippen LogP contribution in [0.25, 0.3) is 27.8 Å². The molecule has 0 fully saturated rings. The largest absolute Gasteiger partial charge is 0.482 e. The number of hydrogen-bond donors (Lipinski definition) is 1. The molecule has 0 atom stereocenters. The molecule has 0 amide bonds. The molecule has 1 N–H and O–H groups in total. The lowest BCUT2D eigenvalue weighted by Crippen LogP contribution is -2.09. The van der Waals surface area contributed by atoms with Gasteiger partial charge in [0, 0.05) is 10.6 Å². The minimum Gasteiger partial charge on any atom is -0.482 e. The molecule has 0 heterocycles. The molecule has 0 aromatic heterocycles. The molecule has 210 valence electrons. The van der Waals surface area contributed by atoms with E-state index in [2.05, 4.69) is 117 Å². The fraction of sp³-hybridized carbons (Fsp3) is 0.132. The van der Waals surface area contributed by atoms with Gasteiger partial charge in [-0.15, -0.1) is 11.8 Å². The Labute approximate surface area is 252 Å². The zero-order valence-corrected chi connectivity index (χ0v) is 24.9. The van der Waals surface area contributed by atoms with E-state index in [1.165, 1.54) is 50.1 Å². The standard InChI is InChI=1S/C38H34O3S/c1-26-4-8-29(9-5-26)31-12-16-33(17-13-31)36(34-18-14-32(15-19-34)30-10-6-27(2)7-11-30)22-23-42-35-20-21-37(28(3)24-35)41-25-38(39)40/h4-22,24H,23,25H2,1-3H3,(H,39,40). The lowest BCUT2D eigenvalue weighted by Gasteiger charge is -2.12. The molecule has 0 aliphatic heterocycles. The lowest BCUT2D eigenvalue weighted by molar-refractivity contribution is -0.139. The zero-order valence-electron chi connectivity index (χ0n) is 24.1. The Bertz CT molecular complexity index is 1590. The first-order valence-electron chi connectivity index (χ1n) is 14.0. The molecule has 5 aromatic carbocycles. The fourth-order valence-corrected chi connectivity index (χ4v) is 5.68. The monoisotopic (exact) mass is 570 g/mol. The lowest BCUT2D eigenvalue weighted by atomic mass is 9.94. The summed E-state index contributed by atoms with van der Waals surface area (Å²) in [4.78, 5) is 12.0. The van der Waals surface area contributed by atoms with Crippen LogP contribution in [0.2, 0.25) is 0 Å². The summed E-state index contributed by atoms with van der Waals surface area (Å²) in [5.74, 6) is 0.397. The van der Waals surface area contributed by atoms with Gasteiger partial charge in [0.1, 0.15) is 5.75 Å². The molecule has 0 spiro atoms. The van der Waals surface area contributed by atoms with E-state index in [4.69, 9.17) is 9.84 Å². The third kappa shape index (κ3) is 7.39. The van der Waals surface area contributed by atoms with Gasteiger partial charge in [0.05, 0.1) is 0 Å². The number of aliphatic carboxylic acids is 1. The van der Waals surface area contributed by atoms with E-state index < -0.39 is 5.97 Å². The average molecular weight is 571 g/mol. The van der Waals surface area contributed by atoms with E-state index in [1.807, 2.05) is 25.1 Å². The Kier molecular flexibility index (Phi) is 9.25. The highest BCUT2D eigenvalue weighted by molar-refractivity contribution is 7.99. The van der Waals surface area contributed by atoms with Crippen molar-refractivity contribution in [1.29, 1.82) is 0 Å². The highest BCUT2D eigenvalue weighted by Gasteiger charge is 2.09. The Hall–Kier alpha value is -4.54. The highest BCUT2D eigenvalue weighted by Crippen LogP contribution is 2.31. The van der Waals surface area contributed by atoms with Crippen LogP contribution in [-0.2, 0) is 4.79 Å². The van der Waals surface area contributed by atoms with Crippen LogP contribution in [0.15, 0.2) is 126 Å². The smallest absolute Gasteiger partial charge is 0.341 e. The van der Waals surface area contributed by atoms with E-state index in [9.17, 15) is 4.79 Å². The molecular weight excluding hydrogens is 536 g/mol. The fourth-order valence-electron chi connectivity index (χ4n) is 4.81. The van der Waals surface area contributed by atoms with Crippen molar-refractivity contribution in [3.05, 3.63) is 149 Å². The van der Waals surface area contributed by atoms with Crippen LogP contribution in [0.1, 0.15) is 27.8 Å². The minimum atomic E-state index is -0.982. The van der Waals surface area contributed by atoms with Crippen molar-refractivity contribution in [1.82, 2.24) is 0 Å². The first-order chi connectivity index (χ1) is 20.4. The quantitative estimate of drug-likeness (QED) is 0.170. The Morgan fingerprint density at radius 1 is 0.667 bits per heavy atom. The Morgan fingerprint density at radius 3 is 1.55 bits per heavy atom. The summed E-state index contributed by atoms with van der Waals surface area (Å²) in [6.45, 7) is 5.81. The van der Waals surface area contributed by atoms with Gasteiger partial charge in [0.2, 0.25) is 0 Å². The van der Waals surface area contributed by atoms with Crippen LogP contribution in [0.3, 0.4) is 0 Å². The summed E-state index contributed by atoms with van der Waals surface area (Å²) < 4.78 is 5.39. The van der Waals surface area contributed by atoms with Gasteiger partial charge >= 0.3 is 5.97 Å². The van der Waals surface area contributed by atoms with Gasteiger partial charge in [-0.05, 0) is 83.5 Å². The predicted octanol–water partition coefficient (Wildman–Crippen LogP) is 9.63. The molecular formula is C38H34O3S. The zero-order chi connectivity index (χ0) is 29.5. The predicted molar refractivity (Wildman–Crippen MR) is 175 cm³/mol. The first-order valence-corrected chi connectivity index (χ1v) is 15.0. The summed E-state index contributed by atoms with van der Waals surface area (Å²) in [7, 11) is 0. The number of carbonyl (C=O) groups is 1. The molecule has 0 aliphatic carbocycles. The van der Waals surface area contributed by atoms with Crippen molar-refractivity contribution in [2.75, 3.05) is 12.4 Å². The number of ether oxygens (including phenoxy) is 1. The number of aryl methyl sites for hydroxylation is 3. The molecule has 4 heteroatoms. The van der Waals surface area contributed by atoms with Crippen molar-refractivity contribution in [2.45, 2.75) is 25.7 Å². The Balaban J connectivity index is 1.40. The van der Waals surface area contributed by atoms with Gasteiger partial charge < -0.3 is 9.84 Å². The van der Waals surface area contributed by atoms with Crippen molar-refractivity contribution in [3.63, 3.8) is 0 Å². The normalized spacial score (nSPS) is 10.7. The van der Waals surface area contributed by atoms with E-state index >= 15 is 0 Å². The molecule has 0 aliphatic rings. The summed E-state index contributed by atoms with van der Waals surface area (Å²) in [5.41, 5.74) is 11.8. The molecule has 42 heavy (non-hydrogen) atoms. The number of hydrogen-bond acceptors (Lipinski definition) is 3. The second kappa shape index (κ2) is 13.4. The van der Waals surface area contributed by atoms with E-state index in [-0.39, 0.29) is 6.61 Å². The van der Waals surface area contributed by atoms with Crippen molar-refractivity contribution in [3.8, 4) is 28.0 Å². The summed E-state index contributed by atoms with van der Waals surface area (Å²) in [5, 5.41) is 8.91. The van der Waals surface area contributed by atoms with Crippen LogP contribution >= 0.6 is 11.8 Å². The van der Waals surface area contributed by atoms with Crippen molar-refractivity contribution >= 4 is 23.3 Å². The first kappa shape index (κ1) is 29.0. The highest BCUT2D eigenvalue weighted by atomic mass is 32.2. The van der Waals surface area contributed by atoms with Crippen LogP contribution in [0.5, 0.6) is 5.75 Å².